The van der Waals surface area contributed by atoms with E-state index in [0.717, 1.165) is 17.4 Å². The van der Waals surface area contributed by atoms with E-state index in [-0.39, 0.29) is 6.61 Å². The maximum absolute atomic E-state index is 9.03. The number of benzene rings is 1. The maximum atomic E-state index is 9.03. The molecule has 0 radical (unpaired) electrons. The minimum Gasteiger partial charge on any atom is -0.392 e. The molecule has 1 saturated carbocycles. The number of aliphatic hydroxyl groups is 1. The Labute approximate surface area is 105 Å². The van der Waals surface area contributed by atoms with Crippen LogP contribution in [0.5, 0.6) is 0 Å². The molecule has 0 heterocycles. The molecule has 0 aliphatic heterocycles. The van der Waals surface area contributed by atoms with Crippen LogP contribution in [0.25, 0.3) is 0 Å². The van der Waals surface area contributed by atoms with Gasteiger partial charge >= 0.3 is 0 Å². The zero-order valence-corrected chi connectivity index (χ0v) is 10.9. The van der Waals surface area contributed by atoms with Crippen molar-refractivity contribution in [2.24, 2.45) is 5.92 Å². The van der Waals surface area contributed by atoms with Crippen molar-refractivity contribution in [1.29, 1.82) is 0 Å². The van der Waals surface area contributed by atoms with Gasteiger partial charge in [-0.1, -0.05) is 44.0 Å². The Morgan fingerprint density at radius 3 is 2.24 bits per heavy atom. The van der Waals surface area contributed by atoms with Gasteiger partial charge in [-0.25, -0.2) is 0 Å². The number of hydrogen-bond acceptors (Lipinski definition) is 1. The zero-order valence-electron chi connectivity index (χ0n) is 10.9. The normalized spacial score (nSPS) is 24.8. The van der Waals surface area contributed by atoms with Crippen LogP contribution in [0.3, 0.4) is 0 Å². The lowest BCUT2D eigenvalue weighted by atomic mass is 9.77. The van der Waals surface area contributed by atoms with Crippen molar-refractivity contribution in [3.63, 3.8) is 0 Å². The van der Waals surface area contributed by atoms with Crippen LogP contribution in [-0.2, 0) is 6.61 Å². The molecule has 1 aromatic rings. The zero-order chi connectivity index (χ0) is 12.1. The van der Waals surface area contributed by atoms with Crippen molar-refractivity contribution < 1.29 is 5.11 Å². The second kappa shape index (κ2) is 6.20. The molecule has 94 valence electrons. The van der Waals surface area contributed by atoms with E-state index in [1.165, 1.54) is 44.1 Å². The van der Waals surface area contributed by atoms with Gasteiger partial charge in [0.15, 0.2) is 0 Å². The molecule has 0 aromatic heterocycles. The average molecular weight is 232 g/mol. The largest absolute Gasteiger partial charge is 0.392 e. The molecule has 0 bridgehead atoms. The molecule has 0 amide bonds. The van der Waals surface area contributed by atoms with E-state index < -0.39 is 0 Å². The summed E-state index contributed by atoms with van der Waals surface area (Å²) in [6.45, 7) is 2.45. The molecular weight excluding hydrogens is 208 g/mol. The van der Waals surface area contributed by atoms with Gasteiger partial charge in [-0.05, 0) is 48.6 Å². The molecule has 0 spiro atoms. The van der Waals surface area contributed by atoms with Gasteiger partial charge in [0, 0.05) is 0 Å². The van der Waals surface area contributed by atoms with Crippen LogP contribution in [0.15, 0.2) is 24.3 Å². The van der Waals surface area contributed by atoms with Crippen LogP contribution in [0.2, 0.25) is 0 Å². The minimum atomic E-state index is 0.156. The molecule has 17 heavy (non-hydrogen) atoms. The molecule has 1 aromatic carbocycles. The van der Waals surface area contributed by atoms with Crippen molar-refractivity contribution in [1.82, 2.24) is 0 Å². The Morgan fingerprint density at radius 1 is 1.06 bits per heavy atom. The number of rotatable bonds is 4. The van der Waals surface area contributed by atoms with Gasteiger partial charge in [0.25, 0.3) is 0 Å². The smallest absolute Gasteiger partial charge is 0.0681 e. The Balaban J connectivity index is 1.91. The fourth-order valence-corrected chi connectivity index (χ4v) is 3.09. The average Bonchev–Trinajstić information content (AvgIpc) is 2.40. The van der Waals surface area contributed by atoms with Gasteiger partial charge in [-0.2, -0.15) is 0 Å². The Kier molecular flexibility index (Phi) is 4.61. The van der Waals surface area contributed by atoms with Gasteiger partial charge in [0.05, 0.1) is 6.61 Å². The van der Waals surface area contributed by atoms with Crippen molar-refractivity contribution in [2.75, 3.05) is 0 Å². The highest BCUT2D eigenvalue weighted by Crippen LogP contribution is 2.37. The van der Waals surface area contributed by atoms with Crippen molar-refractivity contribution in [3.8, 4) is 0 Å². The molecule has 1 nitrogen and oxygen atoms in total. The van der Waals surface area contributed by atoms with E-state index in [4.69, 9.17) is 5.11 Å². The van der Waals surface area contributed by atoms with E-state index in [1.807, 2.05) is 0 Å². The summed E-state index contributed by atoms with van der Waals surface area (Å²) in [6.07, 6.45) is 8.25. The molecule has 1 aliphatic rings. The van der Waals surface area contributed by atoms with Crippen molar-refractivity contribution in [3.05, 3.63) is 35.4 Å². The second-order valence-corrected chi connectivity index (χ2v) is 5.41. The summed E-state index contributed by atoms with van der Waals surface area (Å²) in [5.74, 6) is 1.74. The van der Waals surface area contributed by atoms with Gasteiger partial charge in [-0.15, -0.1) is 0 Å². The van der Waals surface area contributed by atoms with Gasteiger partial charge in [-0.3, -0.25) is 0 Å². The van der Waals surface area contributed by atoms with Crippen molar-refractivity contribution in [2.45, 2.75) is 58.0 Å². The first-order chi connectivity index (χ1) is 8.33. The van der Waals surface area contributed by atoms with Gasteiger partial charge in [0.1, 0.15) is 0 Å². The molecule has 1 heteroatoms. The lowest BCUT2D eigenvalue weighted by Crippen LogP contribution is -2.13. The molecular formula is C16H24O. The standard InChI is InChI=1S/C16H24O/c1-2-3-13-4-8-15(9-5-13)16-10-6-14(12-17)7-11-16/h6-7,10-11,13,15,17H,2-5,8-9,12H2,1H3. The number of aliphatic hydroxyl groups excluding tert-OH is 1. The lowest BCUT2D eigenvalue weighted by Gasteiger charge is -2.28. The molecule has 0 unspecified atom stereocenters. The van der Waals surface area contributed by atoms with E-state index in [2.05, 4.69) is 31.2 Å². The first-order valence-electron chi connectivity index (χ1n) is 7.03. The Hall–Kier alpha value is -0.820. The highest BCUT2D eigenvalue weighted by atomic mass is 16.3. The summed E-state index contributed by atoms with van der Waals surface area (Å²) in [7, 11) is 0. The van der Waals surface area contributed by atoms with Gasteiger partial charge in [0.2, 0.25) is 0 Å². The molecule has 0 atom stereocenters. The monoisotopic (exact) mass is 232 g/mol. The van der Waals surface area contributed by atoms with E-state index >= 15 is 0 Å². The Morgan fingerprint density at radius 2 is 1.71 bits per heavy atom. The van der Waals surface area contributed by atoms with Crippen LogP contribution in [-0.4, -0.2) is 5.11 Å². The molecule has 0 saturated heterocycles. The van der Waals surface area contributed by atoms with Gasteiger partial charge < -0.3 is 5.11 Å². The fraction of sp³-hybridized carbons (Fsp3) is 0.625. The summed E-state index contributed by atoms with van der Waals surface area (Å²) in [5, 5.41) is 9.03. The highest BCUT2D eigenvalue weighted by Gasteiger charge is 2.21. The highest BCUT2D eigenvalue weighted by molar-refractivity contribution is 5.25. The molecule has 1 N–H and O–H groups in total. The minimum absolute atomic E-state index is 0.156. The summed E-state index contributed by atoms with van der Waals surface area (Å²) in [4.78, 5) is 0. The summed E-state index contributed by atoms with van der Waals surface area (Å²) < 4.78 is 0. The first kappa shape index (κ1) is 12.6. The van der Waals surface area contributed by atoms with E-state index in [1.54, 1.807) is 0 Å². The molecule has 1 fully saturated rings. The molecule has 2 rings (SSSR count). The predicted molar refractivity (Wildman–Crippen MR) is 72.0 cm³/mol. The third-order valence-electron chi connectivity index (χ3n) is 4.18. The summed E-state index contributed by atoms with van der Waals surface area (Å²) in [6, 6.07) is 8.54. The van der Waals surface area contributed by atoms with Crippen LogP contribution in [0.1, 0.15) is 62.5 Å². The van der Waals surface area contributed by atoms with Crippen LogP contribution < -0.4 is 0 Å². The van der Waals surface area contributed by atoms with Crippen molar-refractivity contribution >= 4 is 0 Å². The summed E-state index contributed by atoms with van der Waals surface area (Å²) >= 11 is 0. The maximum Gasteiger partial charge on any atom is 0.0681 e. The SMILES string of the molecule is CCCC1CCC(c2ccc(CO)cc2)CC1. The quantitative estimate of drug-likeness (QED) is 0.822. The fourth-order valence-electron chi connectivity index (χ4n) is 3.09. The first-order valence-corrected chi connectivity index (χ1v) is 7.03. The van der Waals surface area contributed by atoms with Crippen LogP contribution >= 0.6 is 0 Å². The van der Waals surface area contributed by atoms with Crippen LogP contribution in [0.4, 0.5) is 0 Å². The topological polar surface area (TPSA) is 20.2 Å². The summed E-state index contributed by atoms with van der Waals surface area (Å²) in [5.41, 5.74) is 2.49. The van der Waals surface area contributed by atoms with E-state index in [0.29, 0.717) is 0 Å². The lowest BCUT2D eigenvalue weighted by molar-refractivity contribution is 0.281. The third kappa shape index (κ3) is 3.32. The second-order valence-electron chi connectivity index (χ2n) is 5.41. The van der Waals surface area contributed by atoms with E-state index in [9.17, 15) is 0 Å². The third-order valence-corrected chi connectivity index (χ3v) is 4.18. The Bertz CT molecular complexity index is 320. The molecule has 1 aliphatic carbocycles. The number of hydrogen-bond donors (Lipinski definition) is 1. The predicted octanol–water partition coefficient (Wildman–Crippen LogP) is 4.25. The van der Waals surface area contributed by atoms with Crippen LogP contribution in [0, 0.1) is 5.92 Å².